The van der Waals surface area contributed by atoms with Crippen molar-refractivity contribution in [3.63, 3.8) is 0 Å². The number of oxazole rings is 1. The highest BCUT2D eigenvalue weighted by Gasteiger charge is 2.18. The topological polar surface area (TPSA) is 64.6 Å². The summed E-state index contributed by atoms with van der Waals surface area (Å²) in [5, 5.41) is 0. The van der Waals surface area contributed by atoms with Crippen LogP contribution in [-0.4, -0.2) is 24.1 Å². The van der Waals surface area contributed by atoms with Crippen LogP contribution in [0, 0.1) is 0 Å². The lowest BCUT2D eigenvalue weighted by Crippen LogP contribution is -1.96. The maximum atomic E-state index is 11.8. The summed E-state index contributed by atoms with van der Waals surface area (Å²) >= 11 is 0. The van der Waals surface area contributed by atoms with Crippen LogP contribution in [0.15, 0.2) is 101 Å². The number of rotatable bonds is 4. The van der Waals surface area contributed by atoms with E-state index in [1.54, 1.807) is 30.5 Å². The fraction of sp³-hybridized carbons (Fsp3) is 0.0417. The van der Waals surface area contributed by atoms with Gasteiger partial charge in [-0.15, -0.1) is 0 Å². The Bertz CT molecular complexity index is 1430. The van der Waals surface area contributed by atoms with Crippen LogP contribution in [0.5, 0.6) is 0 Å². The molecule has 30 heavy (non-hydrogen) atoms. The van der Waals surface area contributed by atoms with Crippen molar-refractivity contribution in [2.24, 2.45) is 0 Å². The maximum absolute atomic E-state index is 11.8. The molecule has 3 aromatic carbocycles. The number of fused-ring (bicyclic) bond motifs is 1. The van der Waals surface area contributed by atoms with Crippen molar-refractivity contribution < 1.29 is 12.8 Å². The Kier molecular flexibility index (Phi) is 4.29. The molecule has 5 rings (SSSR count). The summed E-state index contributed by atoms with van der Waals surface area (Å²) in [6.07, 6.45) is 4.60. The number of hydrogen-bond donors (Lipinski definition) is 0. The molecule has 0 atom stereocenters. The minimum atomic E-state index is -3.25. The Morgan fingerprint density at radius 3 is 2.03 bits per heavy atom. The minimum Gasteiger partial charge on any atom is -0.432 e. The van der Waals surface area contributed by atoms with Crippen molar-refractivity contribution in [1.82, 2.24) is 9.38 Å². The van der Waals surface area contributed by atoms with Gasteiger partial charge in [0, 0.05) is 23.6 Å². The lowest BCUT2D eigenvalue weighted by atomic mass is 10.0. The molecule has 0 fully saturated rings. The predicted molar refractivity (Wildman–Crippen MR) is 117 cm³/mol. The molecular formula is C24H18N2O3S. The number of benzene rings is 3. The lowest BCUT2D eigenvalue weighted by Gasteiger charge is -2.07. The molecule has 0 N–H and O–H groups in total. The average Bonchev–Trinajstić information content (AvgIpc) is 3.35. The summed E-state index contributed by atoms with van der Waals surface area (Å²) in [6.45, 7) is 0. The lowest BCUT2D eigenvalue weighted by molar-refractivity contribution is 0.596. The Hall–Kier alpha value is -3.64. The van der Waals surface area contributed by atoms with E-state index in [9.17, 15) is 8.42 Å². The largest absolute Gasteiger partial charge is 0.432 e. The summed E-state index contributed by atoms with van der Waals surface area (Å²) in [6, 6.07) is 25.3. The smallest absolute Gasteiger partial charge is 0.306 e. The summed E-state index contributed by atoms with van der Waals surface area (Å²) < 4.78 is 31.0. The van der Waals surface area contributed by atoms with Gasteiger partial charge in [-0.05, 0) is 23.3 Å². The number of imidazole rings is 1. The van der Waals surface area contributed by atoms with E-state index < -0.39 is 9.84 Å². The molecule has 0 amide bonds. The molecular weight excluding hydrogens is 396 g/mol. The third-order valence-electron chi connectivity index (χ3n) is 5.08. The van der Waals surface area contributed by atoms with E-state index in [1.165, 1.54) is 6.26 Å². The Morgan fingerprint density at radius 2 is 1.37 bits per heavy atom. The van der Waals surface area contributed by atoms with E-state index in [4.69, 9.17) is 4.42 Å². The molecule has 6 heteroatoms. The zero-order valence-corrected chi connectivity index (χ0v) is 17.0. The molecule has 0 saturated carbocycles. The zero-order chi connectivity index (χ0) is 20.7. The Morgan fingerprint density at radius 1 is 0.767 bits per heavy atom. The standard InChI is InChI=1S/C24H18N2O3S/c1-30(27,28)21-13-11-20(12-14-21)23-22(25-24-26(23)15-16-29-24)19-9-7-18(8-10-19)17-5-3-2-4-6-17/h2-16H,1H3. The van der Waals surface area contributed by atoms with E-state index in [-0.39, 0.29) is 4.90 Å². The van der Waals surface area contributed by atoms with Gasteiger partial charge >= 0.3 is 5.84 Å². The van der Waals surface area contributed by atoms with Crippen LogP contribution < -0.4 is 0 Å². The van der Waals surface area contributed by atoms with Crippen LogP contribution >= 0.6 is 0 Å². The van der Waals surface area contributed by atoms with E-state index in [2.05, 4.69) is 29.2 Å². The second-order valence-electron chi connectivity index (χ2n) is 7.10. The van der Waals surface area contributed by atoms with Gasteiger partial charge in [-0.1, -0.05) is 66.7 Å². The maximum Gasteiger partial charge on any atom is 0.306 e. The molecule has 0 spiro atoms. The van der Waals surface area contributed by atoms with Gasteiger partial charge in [0.25, 0.3) is 0 Å². The molecule has 0 radical (unpaired) electrons. The highest BCUT2D eigenvalue weighted by Crippen LogP contribution is 2.34. The number of sulfone groups is 1. The molecule has 148 valence electrons. The van der Waals surface area contributed by atoms with Crippen LogP contribution in [-0.2, 0) is 9.84 Å². The van der Waals surface area contributed by atoms with E-state index in [0.717, 1.165) is 33.6 Å². The van der Waals surface area contributed by atoms with Crippen LogP contribution in [0.1, 0.15) is 0 Å². The van der Waals surface area contributed by atoms with Gasteiger partial charge in [0.05, 0.1) is 10.6 Å². The van der Waals surface area contributed by atoms with Gasteiger partial charge in [0.1, 0.15) is 12.0 Å². The first-order valence-electron chi connectivity index (χ1n) is 9.42. The molecule has 0 aliphatic carbocycles. The molecule has 2 aromatic heterocycles. The Labute approximate surface area is 174 Å². The molecule has 5 nitrogen and oxygen atoms in total. The molecule has 0 saturated heterocycles. The molecule has 2 heterocycles. The van der Waals surface area contributed by atoms with Gasteiger partial charge in [-0.2, -0.15) is 4.98 Å². The first kappa shape index (κ1) is 18.4. The average molecular weight is 414 g/mol. The third kappa shape index (κ3) is 3.21. The van der Waals surface area contributed by atoms with Crippen LogP contribution in [0.4, 0.5) is 0 Å². The van der Waals surface area contributed by atoms with Gasteiger partial charge in [0.15, 0.2) is 9.84 Å². The van der Waals surface area contributed by atoms with Crippen molar-refractivity contribution >= 4 is 15.7 Å². The highest BCUT2D eigenvalue weighted by atomic mass is 32.2. The van der Waals surface area contributed by atoms with Gasteiger partial charge < -0.3 is 4.42 Å². The molecule has 5 aromatic rings. The fourth-order valence-corrected chi connectivity index (χ4v) is 4.20. The van der Waals surface area contributed by atoms with Crippen molar-refractivity contribution in [3.8, 4) is 33.6 Å². The molecule has 0 aliphatic heterocycles. The summed E-state index contributed by atoms with van der Waals surface area (Å²) in [4.78, 5) is 4.96. The molecule has 0 unspecified atom stereocenters. The van der Waals surface area contributed by atoms with Crippen molar-refractivity contribution in [3.05, 3.63) is 91.3 Å². The quantitative estimate of drug-likeness (QED) is 0.399. The number of nitrogens with zero attached hydrogens (tertiary/aromatic N) is 2. The van der Waals surface area contributed by atoms with Crippen molar-refractivity contribution in [2.75, 3.05) is 6.26 Å². The van der Waals surface area contributed by atoms with Crippen LogP contribution in [0.3, 0.4) is 0 Å². The fourth-order valence-electron chi connectivity index (χ4n) is 3.57. The van der Waals surface area contributed by atoms with Crippen molar-refractivity contribution in [2.45, 2.75) is 4.90 Å². The monoisotopic (exact) mass is 414 g/mol. The summed E-state index contributed by atoms with van der Waals surface area (Å²) in [7, 11) is -3.25. The summed E-state index contributed by atoms with van der Waals surface area (Å²) in [5.74, 6) is 0.485. The first-order valence-corrected chi connectivity index (χ1v) is 11.3. The summed E-state index contributed by atoms with van der Waals surface area (Å²) in [5.41, 5.74) is 5.72. The third-order valence-corrected chi connectivity index (χ3v) is 6.21. The van der Waals surface area contributed by atoms with Crippen molar-refractivity contribution in [1.29, 1.82) is 0 Å². The van der Waals surface area contributed by atoms with Gasteiger partial charge in [-0.25, -0.2) is 8.42 Å². The second kappa shape index (κ2) is 7.00. The second-order valence-corrected chi connectivity index (χ2v) is 9.12. The normalized spacial score (nSPS) is 11.8. The highest BCUT2D eigenvalue weighted by molar-refractivity contribution is 7.90. The van der Waals surface area contributed by atoms with Crippen LogP contribution in [0.2, 0.25) is 0 Å². The van der Waals surface area contributed by atoms with Gasteiger partial charge in [0.2, 0.25) is 0 Å². The number of hydrogen-bond acceptors (Lipinski definition) is 4. The predicted octanol–water partition coefficient (Wildman–Crippen LogP) is 5.33. The van der Waals surface area contributed by atoms with E-state index in [1.807, 2.05) is 40.9 Å². The van der Waals surface area contributed by atoms with Gasteiger partial charge in [-0.3, -0.25) is 4.40 Å². The molecule has 0 aliphatic rings. The van der Waals surface area contributed by atoms with E-state index >= 15 is 0 Å². The SMILES string of the molecule is CS(=O)(=O)c1ccc(-c2c(-c3ccc(-c4ccccc4)cc3)nc3occn23)cc1. The number of aromatic nitrogens is 2. The molecule has 0 bridgehead atoms. The minimum absolute atomic E-state index is 0.285. The zero-order valence-electron chi connectivity index (χ0n) is 16.2. The Balaban J connectivity index is 1.62. The van der Waals surface area contributed by atoms with E-state index in [0.29, 0.717) is 5.84 Å². The first-order chi connectivity index (χ1) is 14.5. The van der Waals surface area contributed by atoms with Crippen LogP contribution in [0.25, 0.3) is 39.5 Å².